The molecule has 2 amide bonds. The van der Waals surface area contributed by atoms with Crippen LogP contribution < -0.4 is 0 Å². The van der Waals surface area contributed by atoms with Gasteiger partial charge in [-0.05, 0) is 41.6 Å². The molecule has 0 aromatic heterocycles. The zero-order valence-electron chi connectivity index (χ0n) is 11.8. The third kappa shape index (κ3) is 3.54. The number of benzene rings is 2. The highest BCUT2D eigenvalue weighted by Gasteiger charge is 2.35. The number of halogens is 2. The van der Waals surface area contributed by atoms with Crippen LogP contribution in [0.4, 0.5) is 9.18 Å². The summed E-state index contributed by atoms with van der Waals surface area (Å²) in [6.07, 6.45) is 1.66. The average molecular weight is 392 g/mol. The fourth-order valence-electron chi connectivity index (χ4n) is 2.18. The highest BCUT2D eigenvalue weighted by molar-refractivity contribution is 9.10. The van der Waals surface area contributed by atoms with Crippen molar-refractivity contribution in [2.45, 2.75) is 6.54 Å². The zero-order valence-corrected chi connectivity index (χ0v) is 14.2. The van der Waals surface area contributed by atoms with Gasteiger partial charge >= 0.3 is 0 Å². The van der Waals surface area contributed by atoms with E-state index >= 15 is 0 Å². The maximum Gasteiger partial charge on any atom is 0.293 e. The van der Waals surface area contributed by atoms with Crippen molar-refractivity contribution < 1.29 is 14.0 Å². The Kier molecular flexibility index (Phi) is 4.63. The van der Waals surface area contributed by atoms with Gasteiger partial charge in [0.15, 0.2) is 0 Å². The van der Waals surface area contributed by atoms with Crippen molar-refractivity contribution >= 4 is 44.9 Å². The Bertz CT molecular complexity index is 822. The van der Waals surface area contributed by atoms with Crippen molar-refractivity contribution in [3.63, 3.8) is 0 Å². The standard InChI is InChI=1S/C17H11BrFNO2S/c18-13-6-3-4-11(8-13)9-15-16(21)20(17(22)23-15)10-12-5-1-2-7-14(12)19/h1-9H,10H2/b15-9+. The number of rotatable bonds is 3. The second-order valence-corrected chi connectivity index (χ2v) is 6.82. The van der Waals surface area contributed by atoms with E-state index in [1.807, 2.05) is 24.3 Å². The summed E-state index contributed by atoms with van der Waals surface area (Å²) < 4.78 is 14.6. The Labute approximate surface area is 145 Å². The molecule has 1 fully saturated rings. The maximum absolute atomic E-state index is 13.7. The van der Waals surface area contributed by atoms with Gasteiger partial charge in [0.25, 0.3) is 11.1 Å². The molecule has 1 saturated heterocycles. The van der Waals surface area contributed by atoms with Gasteiger partial charge in [0, 0.05) is 10.0 Å². The Balaban J connectivity index is 1.84. The summed E-state index contributed by atoms with van der Waals surface area (Å²) in [6.45, 7) is -0.0623. The molecule has 3 rings (SSSR count). The van der Waals surface area contributed by atoms with Crippen LogP contribution in [0.15, 0.2) is 57.9 Å². The van der Waals surface area contributed by atoms with E-state index in [0.29, 0.717) is 10.5 Å². The van der Waals surface area contributed by atoms with Crippen LogP contribution in [0.3, 0.4) is 0 Å². The number of thioether (sulfide) groups is 1. The average Bonchev–Trinajstić information content (AvgIpc) is 2.77. The zero-order chi connectivity index (χ0) is 16.4. The SMILES string of the molecule is O=C1S/C(=C/c2cccc(Br)c2)C(=O)N1Cc1ccccc1F. The molecule has 0 unspecified atom stereocenters. The first-order valence-electron chi connectivity index (χ1n) is 6.79. The first-order chi connectivity index (χ1) is 11.0. The largest absolute Gasteiger partial charge is 0.293 e. The third-order valence-corrected chi connectivity index (χ3v) is 4.71. The van der Waals surface area contributed by atoms with Crippen LogP contribution in [0.2, 0.25) is 0 Å². The molecule has 23 heavy (non-hydrogen) atoms. The number of nitrogens with zero attached hydrogens (tertiary/aromatic N) is 1. The van der Waals surface area contributed by atoms with Crippen LogP contribution in [-0.4, -0.2) is 16.0 Å². The van der Waals surface area contributed by atoms with Crippen molar-refractivity contribution in [1.29, 1.82) is 0 Å². The van der Waals surface area contributed by atoms with E-state index < -0.39 is 11.7 Å². The molecule has 2 aromatic carbocycles. The number of hydrogen-bond donors (Lipinski definition) is 0. The van der Waals surface area contributed by atoms with Gasteiger partial charge in [0.05, 0.1) is 11.4 Å². The fourth-order valence-corrected chi connectivity index (χ4v) is 3.44. The molecule has 0 bridgehead atoms. The van der Waals surface area contributed by atoms with E-state index in [1.165, 1.54) is 6.07 Å². The van der Waals surface area contributed by atoms with E-state index in [4.69, 9.17) is 0 Å². The van der Waals surface area contributed by atoms with Gasteiger partial charge in [-0.1, -0.05) is 46.3 Å². The number of imide groups is 1. The number of amides is 2. The van der Waals surface area contributed by atoms with Gasteiger partial charge in [0.1, 0.15) is 5.82 Å². The van der Waals surface area contributed by atoms with Crippen molar-refractivity contribution in [3.8, 4) is 0 Å². The monoisotopic (exact) mass is 391 g/mol. The number of hydrogen-bond acceptors (Lipinski definition) is 3. The highest BCUT2D eigenvalue weighted by Crippen LogP contribution is 2.33. The first-order valence-corrected chi connectivity index (χ1v) is 8.40. The van der Waals surface area contributed by atoms with Crippen LogP contribution in [0, 0.1) is 5.82 Å². The highest BCUT2D eigenvalue weighted by atomic mass is 79.9. The summed E-state index contributed by atoms with van der Waals surface area (Å²) in [5.41, 5.74) is 1.13. The van der Waals surface area contributed by atoms with Crippen LogP contribution in [0.5, 0.6) is 0 Å². The molecule has 0 N–H and O–H groups in total. The minimum Gasteiger partial charge on any atom is -0.268 e. The van der Waals surface area contributed by atoms with E-state index in [0.717, 1.165) is 26.7 Å². The van der Waals surface area contributed by atoms with Crippen molar-refractivity contribution in [2.75, 3.05) is 0 Å². The molecular formula is C17H11BrFNO2S. The molecule has 0 spiro atoms. The number of carbonyl (C=O) groups is 2. The van der Waals surface area contributed by atoms with Gasteiger partial charge in [-0.2, -0.15) is 0 Å². The molecule has 1 heterocycles. The van der Waals surface area contributed by atoms with Crippen LogP contribution >= 0.6 is 27.7 Å². The predicted octanol–water partition coefficient (Wildman–Crippen LogP) is 4.82. The Morgan fingerprint density at radius 3 is 2.65 bits per heavy atom. The fraction of sp³-hybridized carbons (Fsp3) is 0.0588. The molecule has 0 radical (unpaired) electrons. The Morgan fingerprint density at radius 2 is 1.91 bits per heavy atom. The lowest BCUT2D eigenvalue weighted by Crippen LogP contribution is -2.27. The van der Waals surface area contributed by atoms with Crippen molar-refractivity contribution in [3.05, 3.63) is 74.9 Å². The van der Waals surface area contributed by atoms with Gasteiger partial charge < -0.3 is 0 Å². The molecule has 2 aromatic rings. The molecule has 0 atom stereocenters. The third-order valence-electron chi connectivity index (χ3n) is 3.31. The van der Waals surface area contributed by atoms with E-state index in [-0.39, 0.29) is 11.8 Å². The summed E-state index contributed by atoms with van der Waals surface area (Å²) >= 11 is 4.23. The lowest BCUT2D eigenvalue weighted by Gasteiger charge is -2.12. The summed E-state index contributed by atoms with van der Waals surface area (Å²) in [5, 5.41) is -0.389. The quantitative estimate of drug-likeness (QED) is 0.703. The summed E-state index contributed by atoms with van der Waals surface area (Å²) in [7, 11) is 0. The lowest BCUT2D eigenvalue weighted by atomic mass is 10.2. The molecular weight excluding hydrogens is 381 g/mol. The lowest BCUT2D eigenvalue weighted by molar-refractivity contribution is -0.123. The van der Waals surface area contributed by atoms with E-state index in [2.05, 4.69) is 15.9 Å². The molecule has 3 nitrogen and oxygen atoms in total. The maximum atomic E-state index is 13.7. The molecule has 0 saturated carbocycles. The Hall–Kier alpha value is -1.92. The molecule has 1 aliphatic rings. The molecule has 1 aliphatic heterocycles. The molecule has 0 aliphatic carbocycles. The smallest absolute Gasteiger partial charge is 0.268 e. The summed E-state index contributed by atoms with van der Waals surface area (Å²) in [4.78, 5) is 25.9. The summed E-state index contributed by atoms with van der Waals surface area (Å²) in [5.74, 6) is -0.828. The summed E-state index contributed by atoms with van der Waals surface area (Å²) in [6, 6.07) is 13.5. The minimum atomic E-state index is -0.428. The molecule has 6 heteroatoms. The predicted molar refractivity (Wildman–Crippen MR) is 92.1 cm³/mol. The van der Waals surface area contributed by atoms with Crippen LogP contribution in [0.25, 0.3) is 6.08 Å². The molecule has 116 valence electrons. The van der Waals surface area contributed by atoms with E-state index in [1.54, 1.807) is 24.3 Å². The second kappa shape index (κ2) is 6.68. The van der Waals surface area contributed by atoms with Gasteiger partial charge in [-0.25, -0.2) is 4.39 Å². The van der Waals surface area contributed by atoms with Crippen molar-refractivity contribution in [2.24, 2.45) is 0 Å². The Morgan fingerprint density at radius 1 is 1.13 bits per heavy atom. The number of carbonyl (C=O) groups excluding carboxylic acids is 2. The van der Waals surface area contributed by atoms with Crippen LogP contribution in [-0.2, 0) is 11.3 Å². The topological polar surface area (TPSA) is 37.4 Å². The normalized spacial score (nSPS) is 16.4. The van der Waals surface area contributed by atoms with Crippen molar-refractivity contribution in [1.82, 2.24) is 4.90 Å². The first kappa shape index (κ1) is 16.0. The minimum absolute atomic E-state index is 0.0623. The van der Waals surface area contributed by atoms with Crippen LogP contribution in [0.1, 0.15) is 11.1 Å². The van der Waals surface area contributed by atoms with Gasteiger partial charge in [0.2, 0.25) is 0 Å². The van der Waals surface area contributed by atoms with Gasteiger partial charge in [-0.15, -0.1) is 0 Å². The van der Waals surface area contributed by atoms with Gasteiger partial charge in [-0.3, -0.25) is 14.5 Å². The second-order valence-electron chi connectivity index (χ2n) is 4.91. The van der Waals surface area contributed by atoms with E-state index in [9.17, 15) is 14.0 Å².